The summed E-state index contributed by atoms with van der Waals surface area (Å²) in [5.41, 5.74) is 2.63. The molecule has 4 nitrogen and oxygen atoms in total. The SMILES string of the molecule is CSc1nc2c(Cc3cccc(F)c3)c[nH]c2c(=O)[nH]1. The molecule has 0 radical (unpaired) electrons. The van der Waals surface area contributed by atoms with Gasteiger partial charge in [0.1, 0.15) is 16.9 Å². The summed E-state index contributed by atoms with van der Waals surface area (Å²) in [6.45, 7) is 0. The van der Waals surface area contributed by atoms with Crippen LogP contribution < -0.4 is 5.56 Å². The van der Waals surface area contributed by atoms with Crippen LogP contribution in [0.15, 0.2) is 40.4 Å². The fourth-order valence-electron chi connectivity index (χ4n) is 2.14. The first-order chi connectivity index (χ1) is 9.67. The average molecular weight is 289 g/mol. The van der Waals surface area contributed by atoms with Crippen LogP contribution >= 0.6 is 11.8 Å². The molecule has 0 spiro atoms. The number of nitrogens with zero attached hydrogens (tertiary/aromatic N) is 1. The Bertz CT molecular complexity index is 825. The molecule has 0 aliphatic carbocycles. The summed E-state index contributed by atoms with van der Waals surface area (Å²) in [5, 5.41) is 0.572. The molecule has 20 heavy (non-hydrogen) atoms. The second kappa shape index (κ2) is 5.13. The zero-order valence-corrected chi connectivity index (χ0v) is 11.6. The molecule has 102 valence electrons. The second-order valence-corrected chi connectivity index (χ2v) is 5.21. The molecule has 2 aromatic heterocycles. The summed E-state index contributed by atoms with van der Waals surface area (Å²) in [7, 11) is 0. The van der Waals surface area contributed by atoms with Gasteiger partial charge in [0.15, 0.2) is 5.16 Å². The smallest absolute Gasteiger partial charge is 0.275 e. The van der Waals surface area contributed by atoms with E-state index in [0.29, 0.717) is 22.6 Å². The second-order valence-electron chi connectivity index (χ2n) is 4.42. The lowest BCUT2D eigenvalue weighted by atomic mass is 10.1. The highest BCUT2D eigenvalue weighted by molar-refractivity contribution is 7.98. The first kappa shape index (κ1) is 12.9. The van der Waals surface area contributed by atoms with Crippen LogP contribution in [-0.2, 0) is 6.42 Å². The van der Waals surface area contributed by atoms with E-state index in [9.17, 15) is 9.18 Å². The summed E-state index contributed by atoms with van der Waals surface area (Å²) >= 11 is 1.38. The number of rotatable bonds is 3. The Kier molecular flexibility index (Phi) is 3.31. The van der Waals surface area contributed by atoms with Gasteiger partial charge in [-0.3, -0.25) is 9.78 Å². The van der Waals surface area contributed by atoms with Gasteiger partial charge in [0.05, 0.1) is 0 Å². The Morgan fingerprint density at radius 2 is 2.25 bits per heavy atom. The summed E-state index contributed by atoms with van der Waals surface area (Å²) in [4.78, 5) is 21.9. The number of thioether (sulfide) groups is 1. The van der Waals surface area contributed by atoms with E-state index in [1.165, 1.54) is 23.9 Å². The van der Waals surface area contributed by atoms with E-state index in [0.717, 1.165) is 11.1 Å². The predicted octanol–water partition coefficient (Wildman–Crippen LogP) is 2.70. The van der Waals surface area contributed by atoms with Crippen LogP contribution in [0.25, 0.3) is 11.0 Å². The van der Waals surface area contributed by atoms with Gasteiger partial charge >= 0.3 is 0 Å². The monoisotopic (exact) mass is 289 g/mol. The van der Waals surface area contributed by atoms with Gasteiger partial charge in [0.2, 0.25) is 0 Å². The summed E-state index contributed by atoms with van der Waals surface area (Å²) in [5.74, 6) is -0.266. The normalized spacial score (nSPS) is 11.1. The van der Waals surface area contributed by atoms with Crippen molar-refractivity contribution in [3.05, 3.63) is 57.8 Å². The third-order valence-electron chi connectivity index (χ3n) is 3.07. The number of benzene rings is 1. The number of hydrogen-bond acceptors (Lipinski definition) is 3. The molecular weight excluding hydrogens is 277 g/mol. The number of aromatic amines is 2. The summed E-state index contributed by atoms with van der Waals surface area (Å²) < 4.78 is 13.2. The Labute approximate surface area is 118 Å². The van der Waals surface area contributed by atoms with Gasteiger partial charge in [-0.1, -0.05) is 23.9 Å². The molecule has 0 unspecified atom stereocenters. The quantitative estimate of drug-likeness (QED) is 0.575. The number of hydrogen-bond donors (Lipinski definition) is 2. The third-order valence-corrected chi connectivity index (χ3v) is 3.65. The van der Waals surface area contributed by atoms with Gasteiger partial charge < -0.3 is 4.98 Å². The molecule has 0 aliphatic heterocycles. The van der Waals surface area contributed by atoms with Crippen molar-refractivity contribution >= 4 is 22.8 Å². The van der Waals surface area contributed by atoms with E-state index < -0.39 is 0 Å². The maximum atomic E-state index is 13.2. The van der Waals surface area contributed by atoms with Crippen LogP contribution in [0, 0.1) is 5.82 Å². The van der Waals surface area contributed by atoms with Gasteiger partial charge in [-0.2, -0.15) is 0 Å². The van der Waals surface area contributed by atoms with Crippen molar-refractivity contribution in [2.24, 2.45) is 0 Å². The molecule has 3 rings (SSSR count). The van der Waals surface area contributed by atoms with E-state index >= 15 is 0 Å². The van der Waals surface area contributed by atoms with Crippen molar-refractivity contribution in [1.82, 2.24) is 15.0 Å². The first-order valence-corrected chi connectivity index (χ1v) is 7.28. The van der Waals surface area contributed by atoms with E-state index in [2.05, 4.69) is 15.0 Å². The van der Waals surface area contributed by atoms with Crippen LogP contribution in [0.5, 0.6) is 0 Å². The molecule has 0 atom stereocenters. The molecule has 1 aromatic carbocycles. The zero-order chi connectivity index (χ0) is 14.1. The third kappa shape index (κ3) is 2.34. The minimum Gasteiger partial charge on any atom is -0.355 e. The number of nitrogens with one attached hydrogen (secondary N) is 2. The molecule has 2 N–H and O–H groups in total. The van der Waals surface area contributed by atoms with E-state index in [-0.39, 0.29) is 11.4 Å². The van der Waals surface area contributed by atoms with E-state index in [1.807, 2.05) is 12.3 Å². The minimum atomic E-state index is -0.266. The highest BCUT2D eigenvalue weighted by Gasteiger charge is 2.11. The van der Waals surface area contributed by atoms with Crippen molar-refractivity contribution in [3.63, 3.8) is 0 Å². The zero-order valence-electron chi connectivity index (χ0n) is 10.7. The molecule has 0 bridgehead atoms. The van der Waals surface area contributed by atoms with Crippen LogP contribution in [-0.4, -0.2) is 21.2 Å². The maximum Gasteiger partial charge on any atom is 0.275 e. The van der Waals surface area contributed by atoms with E-state index in [4.69, 9.17) is 0 Å². The van der Waals surface area contributed by atoms with Crippen LogP contribution in [0.4, 0.5) is 4.39 Å². The molecule has 0 fully saturated rings. The highest BCUT2D eigenvalue weighted by Crippen LogP contribution is 2.19. The van der Waals surface area contributed by atoms with E-state index in [1.54, 1.807) is 12.3 Å². The molecule has 6 heteroatoms. The molecule has 3 aromatic rings. The van der Waals surface area contributed by atoms with Crippen molar-refractivity contribution in [3.8, 4) is 0 Å². The molecular formula is C14H12FN3OS. The number of H-pyrrole nitrogens is 2. The summed E-state index contributed by atoms with van der Waals surface area (Å²) in [6.07, 6.45) is 4.13. The Hall–Kier alpha value is -2.08. The fourth-order valence-corrected chi connectivity index (χ4v) is 2.52. The van der Waals surface area contributed by atoms with Crippen molar-refractivity contribution in [2.45, 2.75) is 11.6 Å². The first-order valence-electron chi connectivity index (χ1n) is 6.06. The van der Waals surface area contributed by atoms with Gasteiger partial charge in [0, 0.05) is 18.2 Å². The maximum absolute atomic E-state index is 13.2. The van der Waals surface area contributed by atoms with Crippen molar-refractivity contribution in [1.29, 1.82) is 0 Å². The highest BCUT2D eigenvalue weighted by atomic mass is 32.2. The Morgan fingerprint density at radius 3 is 3.00 bits per heavy atom. The number of halogens is 1. The Balaban J connectivity index is 2.08. The minimum absolute atomic E-state index is 0.190. The molecule has 0 saturated heterocycles. The number of aromatic nitrogens is 3. The lowest BCUT2D eigenvalue weighted by Gasteiger charge is -2.01. The number of fused-ring (bicyclic) bond motifs is 1. The summed E-state index contributed by atoms with van der Waals surface area (Å²) in [6, 6.07) is 6.42. The van der Waals surface area contributed by atoms with Crippen LogP contribution in [0.1, 0.15) is 11.1 Å². The largest absolute Gasteiger partial charge is 0.355 e. The molecule has 2 heterocycles. The Morgan fingerprint density at radius 1 is 1.40 bits per heavy atom. The van der Waals surface area contributed by atoms with Crippen LogP contribution in [0.3, 0.4) is 0 Å². The van der Waals surface area contributed by atoms with Crippen molar-refractivity contribution in [2.75, 3.05) is 6.26 Å². The standard InChI is InChI=1S/C14H12FN3OS/c1-20-14-17-11-9(7-16-12(11)13(19)18-14)5-8-3-2-4-10(15)6-8/h2-4,6-7,16H,5H2,1H3,(H,17,18,19). The van der Waals surface area contributed by atoms with Crippen LogP contribution in [0.2, 0.25) is 0 Å². The van der Waals surface area contributed by atoms with Crippen molar-refractivity contribution < 1.29 is 4.39 Å². The lowest BCUT2D eigenvalue weighted by molar-refractivity contribution is 0.626. The molecule has 0 saturated carbocycles. The average Bonchev–Trinajstić information content (AvgIpc) is 2.82. The lowest BCUT2D eigenvalue weighted by Crippen LogP contribution is -2.09. The topological polar surface area (TPSA) is 61.5 Å². The fraction of sp³-hybridized carbons (Fsp3) is 0.143. The van der Waals surface area contributed by atoms with Gasteiger partial charge in [-0.25, -0.2) is 9.37 Å². The van der Waals surface area contributed by atoms with Gasteiger partial charge in [-0.05, 0) is 24.0 Å². The van der Waals surface area contributed by atoms with Gasteiger partial charge in [0.25, 0.3) is 5.56 Å². The molecule has 0 aliphatic rings. The molecule has 0 amide bonds. The van der Waals surface area contributed by atoms with Gasteiger partial charge in [-0.15, -0.1) is 0 Å². The predicted molar refractivity (Wildman–Crippen MR) is 77.7 cm³/mol.